The zero-order valence-corrected chi connectivity index (χ0v) is 10.3. The summed E-state index contributed by atoms with van der Waals surface area (Å²) in [5.74, 6) is -1.17. The molecule has 7 heteroatoms. The van der Waals surface area contributed by atoms with E-state index in [4.69, 9.17) is 5.11 Å². The Morgan fingerprint density at radius 1 is 1.39 bits per heavy atom. The van der Waals surface area contributed by atoms with Gasteiger partial charge in [0.1, 0.15) is 0 Å². The van der Waals surface area contributed by atoms with Gasteiger partial charge in [-0.25, -0.2) is 13.2 Å². The molecule has 0 radical (unpaired) electrons. The number of nitrogens with zero attached hydrogens (tertiary/aromatic N) is 1. The summed E-state index contributed by atoms with van der Waals surface area (Å²) in [6, 6.07) is 5.21. The molecule has 0 saturated carbocycles. The quantitative estimate of drug-likeness (QED) is 0.815. The molecule has 1 aliphatic heterocycles. The van der Waals surface area contributed by atoms with Gasteiger partial charge in [-0.05, 0) is 24.6 Å². The SMILES string of the molecule is O=C(O)c1cccc(S(=O)(=O)N2CCC(O)C2)c1. The zero-order chi connectivity index (χ0) is 13.3. The summed E-state index contributed by atoms with van der Waals surface area (Å²) < 4.78 is 25.5. The van der Waals surface area contributed by atoms with E-state index in [2.05, 4.69) is 0 Å². The smallest absolute Gasteiger partial charge is 0.335 e. The number of benzene rings is 1. The summed E-state index contributed by atoms with van der Waals surface area (Å²) >= 11 is 0. The second-order valence-corrected chi connectivity index (χ2v) is 6.08. The lowest BCUT2D eigenvalue weighted by Crippen LogP contribution is -2.29. The van der Waals surface area contributed by atoms with Crippen LogP contribution in [0.3, 0.4) is 0 Å². The Morgan fingerprint density at radius 2 is 2.11 bits per heavy atom. The predicted molar refractivity (Wildman–Crippen MR) is 62.8 cm³/mol. The van der Waals surface area contributed by atoms with Crippen LogP contribution in [0, 0.1) is 0 Å². The second-order valence-electron chi connectivity index (χ2n) is 4.14. The molecule has 0 aliphatic carbocycles. The number of rotatable bonds is 3. The molecule has 98 valence electrons. The van der Waals surface area contributed by atoms with E-state index in [-0.39, 0.29) is 23.5 Å². The number of carboxylic acid groups (broad SMARTS) is 1. The number of hydrogen-bond donors (Lipinski definition) is 2. The fourth-order valence-electron chi connectivity index (χ4n) is 1.87. The first-order valence-electron chi connectivity index (χ1n) is 5.43. The number of hydrogen-bond acceptors (Lipinski definition) is 4. The number of aromatic carboxylic acids is 1. The molecule has 1 aromatic rings. The Balaban J connectivity index is 2.35. The van der Waals surface area contributed by atoms with Gasteiger partial charge >= 0.3 is 5.97 Å². The average molecular weight is 271 g/mol. The lowest BCUT2D eigenvalue weighted by molar-refractivity contribution is 0.0696. The molecular formula is C11H13NO5S. The topological polar surface area (TPSA) is 94.9 Å². The van der Waals surface area contributed by atoms with Gasteiger partial charge < -0.3 is 10.2 Å². The molecule has 2 N–H and O–H groups in total. The van der Waals surface area contributed by atoms with Crippen LogP contribution in [0.4, 0.5) is 0 Å². The molecule has 18 heavy (non-hydrogen) atoms. The predicted octanol–water partition coefficient (Wildman–Crippen LogP) is 0.140. The molecule has 0 aromatic heterocycles. The highest BCUT2D eigenvalue weighted by molar-refractivity contribution is 7.89. The number of β-amino-alcohol motifs (C(OH)–C–C–N with tert-alkyl or cyclic N) is 1. The van der Waals surface area contributed by atoms with Crippen molar-refractivity contribution in [2.45, 2.75) is 17.4 Å². The molecule has 0 bridgehead atoms. The van der Waals surface area contributed by atoms with Gasteiger partial charge in [0, 0.05) is 13.1 Å². The van der Waals surface area contributed by atoms with Crippen LogP contribution in [0.25, 0.3) is 0 Å². The van der Waals surface area contributed by atoms with Crippen LogP contribution in [-0.4, -0.2) is 48.1 Å². The number of carboxylic acids is 1. The van der Waals surface area contributed by atoms with Gasteiger partial charge in [-0.2, -0.15) is 4.31 Å². The molecule has 1 aliphatic rings. The summed E-state index contributed by atoms with van der Waals surface area (Å²) in [4.78, 5) is 10.7. The Bertz CT molecular complexity index is 569. The van der Waals surface area contributed by atoms with Crippen LogP contribution in [0.1, 0.15) is 16.8 Å². The van der Waals surface area contributed by atoms with Gasteiger partial charge in [-0.3, -0.25) is 0 Å². The van der Waals surface area contributed by atoms with Crippen LogP contribution in [0.5, 0.6) is 0 Å². The van der Waals surface area contributed by atoms with Crippen molar-refractivity contribution in [3.8, 4) is 0 Å². The minimum Gasteiger partial charge on any atom is -0.478 e. The monoisotopic (exact) mass is 271 g/mol. The van der Waals surface area contributed by atoms with Crippen molar-refractivity contribution in [1.29, 1.82) is 0 Å². The molecule has 1 saturated heterocycles. The standard InChI is InChI=1S/C11H13NO5S/c13-9-4-5-12(7-9)18(16,17)10-3-1-2-8(6-10)11(14)15/h1-3,6,9,13H,4-5,7H2,(H,14,15). The van der Waals surface area contributed by atoms with Crippen LogP contribution < -0.4 is 0 Å². The van der Waals surface area contributed by atoms with Gasteiger partial charge in [0.2, 0.25) is 10.0 Å². The highest BCUT2D eigenvalue weighted by Gasteiger charge is 2.31. The molecule has 1 unspecified atom stereocenters. The van der Waals surface area contributed by atoms with Crippen molar-refractivity contribution in [3.63, 3.8) is 0 Å². The summed E-state index contributed by atoms with van der Waals surface area (Å²) in [5.41, 5.74) is -0.0733. The van der Waals surface area contributed by atoms with E-state index in [0.717, 1.165) is 6.07 Å². The molecule has 1 heterocycles. The van der Waals surface area contributed by atoms with Crippen molar-refractivity contribution in [3.05, 3.63) is 29.8 Å². The van der Waals surface area contributed by atoms with E-state index in [0.29, 0.717) is 6.42 Å². The summed E-state index contributed by atoms with van der Waals surface area (Å²) in [7, 11) is -3.72. The van der Waals surface area contributed by atoms with Crippen LogP contribution in [-0.2, 0) is 10.0 Å². The molecule has 1 atom stereocenters. The third-order valence-electron chi connectivity index (χ3n) is 2.84. The normalized spacial score (nSPS) is 21.1. The first-order valence-corrected chi connectivity index (χ1v) is 6.87. The fourth-order valence-corrected chi connectivity index (χ4v) is 3.41. The number of carbonyl (C=O) groups is 1. The summed E-state index contributed by atoms with van der Waals surface area (Å²) in [6.07, 6.45) is -0.250. The van der Waals surface area contributed by atoms with Gasteiger partial charge in [0.05, 0.1) is 16.6 Å². The molecule has 0 spiro atoms. The Labute approximate surface area is 105 Å². The number of aliphatic hydroxyl groups excluding tert-OH is 1. The fraction of sp³-hybridized carbons (Fsp3) is 0.364. The maximum absolute atomic E-state index is 12.2. The van der Waals surface area contributed by atoms with Gasteiger partial charge in [-0.15, -0.1) is 0 Å². The lowest BCUT2D eigenvalue weighted by atomic mass is 10.2. The third kappa shape index (κ3) is 2.38. The Hall–Kier alpha value is -1.44. The number of sulfonamides is 1. The first kappa shape index (κ1) is 13.0. The molecule has 6 nitrogen and oxygen atoms in total. The van der Waals surface area contributed by atoms with E-state index < -0.39 is 22.1 Å². The summed E-state index contributed by atoms with van der Waals surface area (Å²) in [5, 5.41) is 18.2. The largest absolute Gasteiger partial charge is 0.478 e. The van der Waals surface area contributed by atoms with E-state index in [1.807, 2.05) is 0 Å². The maximum Gasteiger partial charge on any atom is 0.335 e. The Morgan fingerprint density at radius 3 is 2.67 bits per heavy atom. The first-order chi connectivity index (χ1) is 8.41. The van der Waals surface area contributed by atoms with Crippen LogP contribution in [0.2, 0.25) is 0 Å². The van der Waals surface area contributed by atoms with E-state index in [1.54, 1.807) is 0 Å². The van der Waals surface area contributed by atoms with Crippen LogP contribution in [0.15, 0.2) is 29.2 Å². The maximum atomic E-state index is 12.2. The van der Waals surface area contributed by atoms with Crippen LogP contribution >= 0.6 is 0 Å². The highest BCUT2D eigenvalue weighted by atomic mass is 32.2. The van der Waals surface area contributed by atoms with Crippen molar-refractivity contribution in [2.24, 2.45) is 0 Å². The number of aliphatic hydroxyl groups is 1. The molecule has 1 fully saturated rings. The van der Waals surface area contributed by atoms with Crippen molar-refractivity contribution >= 4 is 16.0 Å². The molecule has 2 rings (SSSR count). The highest BCUT2D eigenvalue weighted by Crippen LogP contribution is 2.21. The van der Waals surface area contributed by atoms with E-state index in [9.17, 15) is 18.3 Å². The Kier molecular flexibility index (Phi) is 3.38. The molecule has 0 amide bonds. The van der Waals surface area contributed by atoms with E-state index in [1.165, 1.54) is 22.5 Å². The molecular weight excluding hydrogens is 258 g/mol. The van der Waals surface area contributed by atoms with Crippen molar-refractivity contribution in [1.82, 2.24) is 4.31 Å². The van der Waals surface area contributed by atoms with Crippen molar-refractivity contribution < 1.29 is 23.4 Å². The van der Waals surface area contributed by atoms with Gasteiger partial charge in [0.25, 0.3) is 0 Å². The van der Waals surface area contributed by atoms with Crippen molar-refractivity contribution in [2.75, 3.05) is 13.1 Å². The minimum absolute atomic E-state index is 0.0552. The molecule has 1 aromatic carbocycles. The van der Waals surface area contributed by atoms with E-state index >= 15 is 0 Å². The zero-order valence-electron chi connectivity index (χ0n) is 9.48. The minimum atomic E-state index is -3.72. The summed E-state index contributed by atoms with van der Waals surface area (Å²) in [6.45, 7) is 0.306. The second kappa shape index (κ2) is 4.68. The average Bonchev–Trinajstić information content (AvgIpc) is 2.77. The third-order valence-corrected chi connectivity index (χ3v) is 4.71. The van der Waals surface area contributed by atoms with Gasteiger partial charge in [-0.1, -0.05) is 6.07 Å². The van der Waals surface area contributed by atoms with Gasteiger partial charge in [0.15, 0.2) is 0 Å². The lowest BCUT2D eigenvalue weighted by Gasteiger charge is -2.15.